The second kappa shape index (κ2) is 10.2. The van der Waals surface area contributed by atoms with Gasteiger partial charge in [-0.15, -0.1) is 0 Å². The second-order valence-electron chi connectivity index (χ2n) is 8.63. The van der Waals surface area contributed by atoms with Gasteiger partial charge in [-0.05, 0) is 56.7 Å². The lowest BCUT2D eigenvalue weighted by molar-refractivity contribution is -0.134. The maximum absolute atomic E-state index is 12.5. The van der Waals surface area contributed by atoms with Gasteiger partial charge < -0.3 is 10.2 Å². The molecule has 1 N–H and O–H groups in total. The maximum Gasteiger partial charge on any atom is 0.236 e. The fourth-order valence-electron chi connectivity index (χ4n) is 4.15. The fraction of sp³-hybridized carbons (Fsp3) is 0.652. The number of hydrogen-bond donors (Lipinski definition) is 1. The summed E-state index contributed by atoms with van der Waals surface area (Å²) in [4.78, 5) is 31.3. The topological polar surface area (TPSA) is 55.9 Å². The van der Waals surface area contributed by atoms with Crippen LogP contribution in [0.4, 0.5) is 0 Å². The van der Waals surface area contributed by atoms with E-state index >= 15 is 0 Å². The Bertz CT molecular complexity index is 707. The number of likely N-dealkylation sites (tertiary alicyclic amines) is 1. The van der Waals surface area contributed by atoms with Crippen molar-refractivity contribution in [2.45, 2.75) is 46.1 Å². The van der Waals surface area contributed by atoms with Gasteiger partial charge in [0.1, 0.15) is 0 Å². The third kappa shape index (κ3) is 6.28. The van der Waals surface area contributed by atoms with Gasteiger partial charge in [0.2, 0.25) is 11.8 Å². The Labute approximate surface area is 175 Å². The molecule has 1 atom stereocenters. The number of carbonyl (C=O) groups is 2. The average Bonchev–Trinajstić information content (AvgIpc) is 2.72. The fourth-order valence-corrected chi connectivity index (χ4v) is 4.15. The van der Waals surface area contributed by atoms with Crippen molar-refractivity contribution >= 4 is 11.8 Å². The molecule has 0 radical (unpaired) electrons. The van der Waals surface area contributed by atoms with Crippen LogP contribution in [0.15, 0.2) is 18.2 Å². The molecule has 2 fully saturated rings. The van der Waals surface area contributed by atoms with E-state index in [1.807, 2.05) is 11.8 Å². The molecular weight excluding hydrogens is 364 g/mol. The van der Waals surface area contributed by atoms with Gasteiger partial charge in [-0.3, -0.25) is 19.4 Å². The Balaban J connectivity index is 1.38. The molecule has 0 aliphatic carbocycles. The smallest absolute Gasteiger partial charge is 0.236 e. The first-order chi connectivity index (χ1) is 13.9. The predicted molar refractivity (Wildman–Crippen MR) is 116 cm³/mol. The molecule has 1 unspecified atom stereocenters. The largest absolute Gasteiger partial charge is 0.348 e. The Morgan fingerprint density at radius 2 is 1.52 bits per heavy atom. The molecule has 1 aromatic carbocycles. The molecular formula is C23H36N4O2. The molecule has 29 heavy (non-hydrogen) atoms. The lowest BCUT2D eigenvalue weighted by atomic mass is 10.0. The van der Waals surface area contributed by atoms with Crippen LogP contribution in [0, 0.1) is 13.8 Å². The first-order valence-corrected chi connectivity index (χ1v) is 11.0. The monoisotopic (exact) mass is 400 g/mol. The van der Waals surface area contributed by atoms with Crippen molar-refractivity contribution in [3.8, 4) is 0 Å². The van der Waals surface area contributed by atoms with Gasteiger partial charge in [0.15, 0.2) is 0 Å². The predicted octanol–water partition coefficient (Wildman–Crippen LogP) is 2.11. The molecule has 0 aromatic heterocycles. The first-order valence-electron chi connectivity index (χ1n) is 11.0. The summed E-state index contributed by atoms with van der Waals surface area (Å²) in [6.07, 6.45) is 3.51. The van der Waals surface area contributed by atoms with Gasteiger partial charge in [0, 0.05) is 39.3 Å². The van der Waals surface area contributed by atoms with Crippen LogP contribution in [0.3, 0.4) is 0 Å². The van der Waals surface area contributed by atoms with E-state index in [0.717, 1.165) is 57.7 Å². The number of rotatable bonds is 6. The summed E-state index contributed by atoms with van der Waals surface area (Å²) in [6, 6.07) is 6.35. The van der Waals surface area contributed by atoms with Crippen molar-refractivity contribution < 1.29 is 9.59 Å². The van der Waals surface area contributed by atoms with E-state index in [-0.39, 0.29) is 17.9 Å². The van der Waals surface area contributed by atoms with Crippen LogP contribution >= 0.6 is 0 Å². The SMILES string of the molecule is Cc1ccc(C(C)NC(=O)CN2CCN(CC(=O)N3CCCCC3)CC2)cc1C. The van der Waals surface area contributed by atoms with Crippen LogP contribution < -0.4 is 5.32 Å². The summed E-state index contributed by atoms with van der Waals surface area (Å²) in [5.74, 6) is 0.326. The number of hydrogen-bond acceptors (Lipinski definition) is 4. The molecule has 1 aromatic rings. The quantitative estimate of drug-likeness (QED) is 0.795. The molecule has 160 valence electrons. The minimum Gasteiger partial charge on any atom is -0.348 e. The van der Waals surface area contributed by atoms with E-state index in [4.69, 9.17) is 0 Å². The number of piperazine rings is 1. The van der Waals surface area contributed by atoms with Crippen LogP contribution in [-0.4, -0.2) is 78.9 Å². The summed E-state index contributed by atoms with van der Waals surface area (Å²) in [5, 5.41) is 3.12. The number of nitrogens with zero attached hydrogens (tertiary/aromatic N) is 3. The van der Waals surface area contributed by atoms with Crippen LogP contribution in [0.2, 0.25) is 0 Å². The minimum absolute atomic E-state index is 0.00486. The summed E-state index contributed by atoms with van der Waals surface area (Å²) in [5.41, 5.74) is 3.66. The van der Waals surface area contributed by atoms with E-state index in [9.17, 15) is 9.59 Å². The first kappa shape index (κ1) is 21.8. The number of piperidine rings is 1. The number of amides is 2. The summed E-state index contributed by atoms with van der Waals surface area (Å²) in [7, 11) is 0. The summed E-state index contributed by atoms with van der Waals surface area (Å²) in [6.45, 7) is 12.4. The van der Waals surface area contributed by atoms with Gasteiger partial charge in [0.05, 0.1) is 19.1 Å². The van der Waals surface area contributed by atoms with Crippen LogP contribution in [-0.2, 0) is 9.59 Å². The number of aryl methyl sites for hydroxylation is 2. The van der Waals surface area contributed by atoms with Gasteiger partial charge in [-0.25, -0.2) is 0 Å². The Kier molecular flexibility index (Phi) is 7.67. The summed E-state index contributed by atoms with van der Waals surface area (Å²) < 4.78 is 0. The normalized spacial score (nSPS) is 19.8. The zero-order valence-corrected chi connectivity index (χ0v) is 18.2. The Morgan fingerprint density at radius 1 is 0.897 bits per heavy atom. The van der Waals surface area contributed by atoms with Gasteiger partial charge in [-0.2, -0.15) is 0 Å². The zero-order valence-electron chi connectivity index (χ0n) is 18.2. The highest BCUT2D eigenvalue weighted by atomic mass is 16.2. The van der Waals surface area contributed by atoms with Crippen molar-refractivity contribution in [2.24, 2.45) is 0 Å². The highest BCUT2D eigenvalue weighted by Gasteiger charge is 2.24. The molecule has 2 aliphatic rings. The number of carbonyl (C=O) groups excluding carboxylic acids is 2. The lowest BCUT2D eigenvalue weighted by Crippen LogP contribution is -2.52. The molecule has 0 spiro atoms. The molecule has 0 saturated carbocycles. The molecule has 3 rings (SSSR count). The highest BCUT2D eigenvalue weighted by molar-refractivity contribution is 5.79. The number of nitrogens with one attached hydrogen (secondary N) is 1. The maximum atomic E-state index is 12.5. The van der Waals surface area contributed by atoms with E-state index in [0.29, 0.717) is 13.1 Å². The van der Waals surface area contributed by atoms with Gasteiger partial charge >= 0.3 is 0 Å². The molecule has 6 nitrogen and oxygen atoms in total. The summed E-state index contributed by atoms with van der Waals surface area (Å²) >= 11 is 0. The number of benzene rings is 1. The van der Waals surface area contributed by atoms with Crippen molar-refractivity contribution in [3.63, 3.8) is 0 Å². The van der Waals surface area contributed by atoms with Crippen molar-refractivity contribution in [3.05, 3.63) is 34.9 Å². The van der Waals surface area contributed by atoms with Crippen LogP contribution in [0.5, 0.6) is 0 Å². The molecule has 6 heteroatoms. The molecule has 0 bridgehead atoms. The third-order valence-electron chi connectivity index (χ3n) is 6.31. The van der Waals surface area contributed by atoms with Gasteiger partial charge in [-0.1, -0.05) is 18.2 Å². The van der Waals surface area contributed by atoms with Gasteiger partial charge in [0.25, 0.3) is 0 Å². The van der Waals surface area contributed by atoms with E-state index in [1.54, 1.807) is 0 Å². The van der Waals surface area contributed by atoms with Crippen LogP contribution in [0.1, 0.15) is 48.9 Å². The Morgan fingerprint density at radius 3 is 2.14 bits per heavy atom. The standard InChI is InChI=1S/C23H36N4O2/c1-18-7-8-21(15-19(18)2)20(3)24-22(28)16-25-11-13-26(14-12-25)17-23(29)27-9-5-4-6-10-27/h7-8,15,20H,4-6,9-14,16-17H2,1-3H3,(H,24,28). The van der Waals surface area contributed by atoms with Crippen molar-refractivity contribution in [2.75, 3.05) is 52.4 Å². The second-order valence-corrected chi connectivity index (χ2v) is 8.63. The molecule has 2 aliphatic heterocycles. The minimum atomic E-state index is 0.00486. The van der Waals surface area contributed by atoms with E-state index in [1.165, 1.54) is 17.5 Å². The molecule has 2 saturated heterocycles. The average molecular weight is 401 g/mol. The molecule has 2 amide bonds. The van der Waals surface area contributed by atoms with E-state index < -0.39 is 0 Å². The van der Waals surface area contributed by atoms with Crippen LogP contribution in [0.25, 0.3) is 0 Å². The van der Waals surface area contributed by atoms with Crippen molar-refractivity contribution in [1.29, 1.82) is 0 Å². The lowest BCUT2D eigenvalue weighted by Gasteiger charge is -2.35. The molecule has 2 heterocycles. The zero-order chi connectivity index (χ0) is 20.8. The Hall–Kier alpha value is -1.92. The van der Waals surface area contributed by atoms with E-state index in [2.05, 4.69) is 47.2 Å². The highest BCUT2D eigenvalue weighted by Crippen LogP contribution is 2.17. The van der Waals surface area contributed by atoms with Crippen molar-refractivity contribution in [1.82, 2.24) is 20.0 Å². The third-order valence-corrected chi connectivity index (χ3v) is 6.31.